The molecule has 1 aliphatic heterocycles. The van der Waals surface area contributed by atoms with Gasteiger partial charge in [0, 0.05) is 16.8 Å². The molecule has 3 amide bonds. The predicted molar refractivity (Wildman–Crippen MR) is 131 cm³/mol. The molecule has 2 aliphatic rings. The van der Waals surface area contributed by atoms with Gasteiger partial charge >= 0.3 is 0 Å². The lowest BCUT2D eigenvalue weighted by Gasteiger charge is -2.24. The molecule has 0 saturated carbocycles. The number of phenols is 1. The van der Waals surface area contributed by atoms with Gasteiger partial charge in [0.05, 0.1) is 10.4 Å². The van der Waals surface area contributed by atoms with E-state index >= 15 is 0 Å². The first kappa shape index (κ1) is 22.4. The van der Waals surface area contributed by atoms with Crippen molar-refractivity contribution >= 4 is 39.8 Å². The molecule has 0 bridgehead atoms. The van der Waals surface area contributed by atoms with Gasteiger partial charge in [-0.05, 0) is 61.1 Å². The molecule has 1 aliphatic carbocycles. The number of thiophene rings is 1. The van der Waals surface area contributed by atoms with Crippen LogP contribution < -0.4 is 10.9 Å². The van der Waals surface area contributed by atoms with Crippen LogP contribution in [-0.2, 0) is 17.6 Å². The van der Waals surface area contributed by atoms with Crippen LogP contribution in [0.5, 0.6) is 5.75 Å². The van der Waals surface area contributed by atoms with Crippen molar-refractivity contribution in [1.82, 2.24) is 15.8 Å². The number of benzene rings is 2. The van der Waals surface area contributed by atoms with Crippen LogP contribution >= 0.6 is 11.3 Å². The molecule has 1 saturated heterocycles. The van der Waals surface area contributed by atoms with Crippen molar-refractivity contribution in [3.05, 3.63) is 63.3 Å². The summed E-state index contributed by atoms with van der Waals surface area (Å²) in [6.45, 7) is 2.62. The van der Waals surface area contributed by atoms with Crippen molar-refractivity contribution in [3.63, 3.8) is 0 Å². The second kappa shape index (κ2) is 9.10. The number of aromatic hydroxyl groups is 1. The highest BCUT2D eigenvalue weighted by Crippen LogP contribution is 2.33. The number of aryl methyl sites for hydroxylation is 1. The second-order valence-corrected chi connectivity index (χ2v) is 10.3. The Kier molecular flexibility index (Phi) is 6.00. The monoisotopic (exact) mass is 477 g/mol. The minimum Gasteiger partial charge on any atom is -0.506 e. The summed E-state index contributed by atoms with van der Waals surface area (Å²) >= 11 is 1.48. The van der Waals surface area contributed by atoms with E-state index in [1.165, 1.54) is 26.7 Å². The Hall–Kier alpha value is -3.39. The van der Waals surface area contributed by atoms with E-state index in [1.807, 2.05) is 18.2 Å². The van der Waals surface area contributed by atoms with Crippen LogP contribution in [0.1, 0.15) is 56.7 Å². The van der Waals surface area contributed by atoms with Gasteiger partial charge in [-0.15, -0.1) is 11.3 Å². The maximum Gasteiger partial charge on any atom is 0.279 e. The molecule has 3 aromatic rings. The number of likely N-dealkylation sites (tertiary alicyclic amines) is 1. The molecular weight excluding hydrogens is 450 g/mol. The van der Waals surface area contributed by atoms with Crippen molar-refractivity contribution in [1.29, 1.82) is 0 Å². The molecule has 0 radical (unpaired) electrons. The van der Waals surface area contributed by atoms with Gasteiger partial charge in [-0.1, -0.05) is 37.3 Å². The summed E-state index contributed by atoms with van der Waals surface area (Å²) in [6, 6.07) is 11.9. The van der Waals surface area contributed by atoms with Gasteiger partial charge in [0.1, 0.15) is 11.8 Å². The van der Waals surface area contributed by atoms with Crippen LogP contribution in [0.25, 0.3) is 10.8 Å². The number of phenolic OH excluding ortho intramolecular Hbond substituents is 1. The zero-order valence-electron chi connectivity index (χ0n) is 19.0. The van der Waals surface area contributed by atoms with Gasteiger partial charge in [-0.2, -0.15) is 0 Å². The van der Waals surface area contributed by atoms with Crippen LogP contribution in [0.4, 0.5) is 0 Å². The summed E-state index contributed by atoms with van der Waals surface area (Å²) in [6.07, 6.45) is 4.26. The molecule has 8 heteroatoms. The molecule has 2 atom stereocenters. The Balaban J connectivity index is 1.26. The number of amides is 3. The van der Waals surface area contributed by atoms with E-state index < -0.39 is 17.9 Å². The zero-order chi connectivity index (χ0) is 23.8. The van der Waals surface area contributed by atoms with E-state index in [9.17, 15) is 19.5 Å². The second-order valence-electron chi connectivity index (χ2n) is 9.19. The number of carbonyl (C=O) groups excluding carboxylic acids is 3. The third-order valence-electron chi connectivity index (χ3n) is 6.80. The third-order valence-corrected chi connectivity index (χ3v) is 8.04. The van der Waals surface area contributed by atoms with Gasteiger partial charge in [-0.3, -0.25) is 25.2 Å². The average molecular weight is 478 g/mol. The summed E-state index contributed by atoms with van der Waals surface area (Å²) in [5.41, 5.74) is 6.41. The molecule has 0 spiro atoms. The fourth-order valence-corrected chi connectivity index (χ4v) is 6.05. The highest BCUT2D eigenvalue weighted by atomic mass is 32.1. The number of carbonyl (C=O) groups is 3. The summed E-state index contributed by atoms with van der Waals surface area (Å²) in [5.74, 6) is -0.644. The Morgan fingerprint density at radius 2 is 1.91 bits per heavy atom. The largest absolute Gasteiger partial charge is 0.506 e. The number of hydrazine groups is 1. The summed E-state index contributed by atoms with van der Waals surface area (Å²) < 4.78 is 0. The molecule has 34 heavy (non-hydrogen) atoms. The van der Waals surface area contributed by atoms with Gasteiger partial charge in [0.2, 0.25) is 0 Å². The van der Waals surface area contributed by atoms with Gasteiger partial charge in [0.15, 0.2) is 0 Å². The molecule has 3 N–H and O–H groups in total. The standard InChI is InChI=1S/C26H27N3O4S/c1-15-8-11-21-17(13-15)14-22(34-21)25(32)28-27-24(31)20-7-4-12-29(20)26(33)19-10-9-16-5-2-3-6-18(16)23(19)30/h2-3,5-6,9-10,14-15,20,30H,4,7-8,11-13H2,1H3,(H,27,31)(H,28,32). The summed E-state index contributed by atoms with van der Waals surface area (Å²) in [4.78, 5) is 42.0. The first-order valence-electron chi connectivity index (χ1n) is 11.7. The lowest BCUT2D eigenvalue weighted by Crippen LogP contribution is -2.51. The average Bonchev–Trinajstić information content (AvgIpc) is 3.49. The summed E-state index contributed by atoms with van der Waals surface area (Å²) in [7, 11) is 0. The molecule has 5 rings (SSSR count). The maximum atomic E-state index is 13.2. The van der Waals surface area contributed by atoms with Gasteiger partial charge in [-0.25, -0.2) is 0 Å². The van der Waals surface area contributed by atoms with E-state index in [1.54, 1.807) is 24.3 Å². The number of hydrogen-bond acceptors (Lipinski definition) is 5. The molecule has 2 unspecified atom stereocenters. The van der Waals surface area contributed by atoms with Crippen molar-refractivity contribution < 1.29 is 19.5 Å². The first-order chi connectivity index (χ1) is 16.4. The Morgan fingerprint density at radius 1 is 1.09 bits per heavy atom. The quantitative estimate of drug-likeness (QED) is 0.500. The van der Waals surface area contributed by atoms with E-state index in [0.717, 1.165) is 24.6 Å². The smallest absolute Gasteiger partial charge is 0.279 e. The van der Waals surface area contributed by atoms with Crippen LogP contribution in [0.3, 0.4) is 0 Å². The van der Waals surface area contributed by atoms with Crippen LogP contribution in [-0.4, -0.2) is 40.3 Å². The number of hydrogen-bond donors (Lipinski definition) is 3. The lowest BCUT2D eigenvalue weighted by atomic mass is 9.90. The molecule has 7 nitrogen and oxygen atoms in total. The number of nitrogens with one attached hydrogen (secondary N) is 2. The minimum absolute atomic E-state index is 0.0848. The van der Waals surface area contributed by atoms with E-state index in [0.29, 0.717) is 35.6 Å². The Morgan fingerprint density at radius 3 is 2.76 bits per heavy atom. The highest BCUT2D eigenvalue weighted by Gasteiger charge is 2.36. The third kappa shape index (κ3) is 4.14. The lowest BCUT2D eigenvalue weighted by molar-refractivity contribution is -0.125. The van der Waals surface area contributed by atoms with Crippen molar-refractivity contribution in [3.8, 4) is 5.75 Å². The van der Waals surface area contributed by atoms with E-state index in [2.05, 4.69) is 17.8 Å². The van der Waals surface area contributed by atoms with Crippen LogP contribution in [0.2, 0.25) is 0 Å². The Bertz CT molecular complexity index is 1280. The number of rotatable bonds is 3. The minimum atomic E-state index is -0.712. The number of fused-ring (bicyclic) bond motifs is 2. The molecule has 1 fully saturated rings. The fourth-order valence-electron chi connectivity index (χ4n) is 4.95. The van der Waals surface area contributed by atoms with Crippen LogP contribution in [0.15, 0.2) is 42.5 Å². The van der Waals surface area contributed by atoms with Crippen molar-refractivity contribution in [2.75, 3.05) is 6.54 Å². The van der Waals surface area contributed by atoms with Gasteiger partial charge < -0.3 is 10.0 Å². The molecule has 2 aromatic carbocycles. The van der Waals surface area contributed by atoms with Crippen molar-refractivity contribution in [2.45, 2.75) is 45.1 Å². The zero-order valence-corrected chi connectivity index (χ0v) is 19.8. The first-order valence-corrected chi connectivity index (χ1v) is 12.5. The van der Waals surface area contributed by atoms with E-state index in [-0.39, 0.29) is 17.2 Å². The molecular formula is C26H27N3O4S. The topological polar surface area (TPSA) is 98.7 Å². The number of nitrogens with zero attached hydrogens (tertiary/aromatic N) is 1. The molecule has 2 heterocycles. The molecule has 176 valence electrons. The van der Waals surface area contributed by atoms with Crippen LogP contribution in [0, 0.1) is 5.92 Å². The molecule has 1 aromatic heterocycles. The fraction of sp³-hybridized carbons (Fsp3) is 0.346. The van der Waals surface area contributed by atoms with E-state index in [4.69, 9.17) is 0 Å². The highest BCUT2D eigenvalue weighted by molar-refractivity contribution is 7.14. The maximum absolute atomic E-state index is 13.2. The summed E-state index contributed by atoms with van der Waals surface area (Å²) in [5, 5.41) is 12.1. The van der Waals surface area contributed by atoms with Gasteiger partial charge in [0.25, 0.3) is 17.7 Å². The predicted octanol–water partition coefficient (Wildman–Crippen LogP) is 3.80. The SMILES string of the molecule is CC1CCc2sc(C(=O)NNC(=O)C3CCCN3C(=O)c3ccc4ccccc4c3O)cc2C1. The Labute approximate surface area is 201 Å². The van der Waals surface area contributed by atoms with Crippen molar-refractivity contribution in [2.24, 2.45) is 5.92 Å². The normalized spacial score (nSPS) is 19.6.